The Morgan fingerprint density at radius 1 is 0.155 bits per heavy atom. The van der Waals surface area contributed by atoms with Crippen molar-refractivity contribution in [3.8, 4) is 33.4 Å². The number of rotatable bonds is 3. The third-order valence-electron chi connectivity index (χ3n) is 17.3. The van der Waals surface area contributed by atoms with Crippen molar-refractivity contribution in [2.45, 2.75) is 291 Å². The van der Waals surface area contributed by atoms with Crippen LogP contribution in [-0.4, -0.2) is 0 Å². The molecule has 0 N–H and O–H groups in total. The molecule has 0 aliphatic carbocycles. The molecule has 3 radical (unpaired) electrons. The molecule has 0 heterocycles. The first-order chi connectivity index (χ1) is 61.0. The summed E-state index contributed by atoms with van der Waals surface area (Å²) in [5.74, 6) is 0. The van der Waals surface area contributed by atoms with E-state index in [2.05, 4.69) is 428 Å². The van der Waals surface area contributed by atoms with E-state index >= 15 is 0 Å². The van der Waals surface area contributed by atoms with Gasteiger partial charge in [0.05, 0.1) is 0 Å². The van der Waals surface area contributed by atoms with Gasteiger partial charge in [0, 0.05) is 98.1 Å². The van der Waals surface area contributed by atoms with Crippen molar-refractivity contribution in [2.24, 2.45) is 0 Å². The molecule has 15 rings (SSSR count). The molecule has 693 valence electrons. The fourth-order valence-electron chi connectivity index (χ4n) is 11.1. The second-order valence-electron chi connectivity index (χ2n) is 26.9. The zero-order valence-electron chi connectivity index (χ0n) is 89.4. The van der Waals surface area contributed by atoms with Crippen molar-refractivity contribution >= 4 is 32.3 Å². The summed E-state index contributed by atoms with van der Waals surface area (Å²) < 4.78 is 0. The van der Waals surface area contributed by atoms with E-state index in [0.717, 1.165) is 44.5 Å². The first-order valence-corrected chi connectivity index (χ1v) is 47.4. The molecule has 0 bridgehead atoms. The molecule has 0 fully saturated rings. The molecular formula is C126H174Y3-6. The van der Waals surface area contributed by atoms with Gasteiger partial charge in [-0.2, -0.15) is 121 Å². The predicted molar refractivity (Wildman–Crippen MR) is 581 cm³/mol. The van der Waals surface area contributed by atoms with Crippen LogP contribution < -0.4 is 0 Å². The van der Waals surface area contributed by atoms with Gasteiger partial charge in [0.1, 0.15) is 0 Å². The van der Waals surface area contributed by atoms with E-state index in [-0.39, 0.29) is 98.1 Å². The van der Waals surface area contributed by atoms with Crippen LogP contribution in [0.15, 0.2) is 291 Å². The Labute approximate surface area is 873 Å². The summed E-state index contributed by atoms with van der Waals surface area (Å²) in [7, 11) is 0. The maximum Gasteiger partial charge on any atom is 0 e. The minimum absolute atomic E-state index is 0. The maximum absolute atomic E-state index is 3.32. The maximum atomic E-state index is 3.32. The van der Waals surface area contributed by atoms with Gasteiger partial charge in [-0.1, -0.05) is 423 Å². The third kappa shape index (κ3) is 61.7. The van der Waals surface area contributed by atoms with Crippen LogP contribution in [0.5, 0.6) is 0 Å². The van der Waals surface area contributed by atoms with Crippen LogP contribution in [0.3, 0.4) is 0 Å². The first-order valence-electron chi connectivity index (χ1n) is 47.4. The average molecular weight is 1960 g/mol. The Bertz CT molecular complexity index is 4620. The standard InChI is InChI=1S/3C14H12.3C12H12.3C8H10.12C2H6.3Y/c1-11-3-7-13(8-4-11)14-9-5-12(2)6-10-14;2*1-11-5-3-7-13(9-11)14-8-4-6-12(2)10-14;1-9-3-5-12-8-10(2)4-6-11(12)7-9;1-9-5-3-8-12-10(2)6-4-7-11(9)12;1-9-7-8-10(2)12-6-4-3-5-11(9)12;1-7-3-5-8(2)6-4-7;1-7-4-3-5-8(2)6-7;1-7-5-3-4-6-8(7)2;12*1-2;;;/h3-7,9H,1-2H3;3-6,9-10H,1-2H3;3-8H,1-2H3;3*3-8H,1-2H3;3*3-6H,1-2H3;12*1-2H3;;;/q3*-2;;;;;;;;;;;;;;;;;;;;;. The van der Waals surface area contributed by atoms with Crippen LogP contribution in [0.25, 0.3) is 65.7 Å². The molecule has 0 atom stereocenters. The fraction of sp³-hybridized carbons (Fsp3) is 0.333. The Kier molecular flexibility index (Phi) is 99.6. The van der Waals surface area contributed by atoms with E-state index in [9.17, 15) is 0 Å². The molecule has 129 heavy (non-hydrogen) atoms. The Morgan fingerprint density at radius 2 is 0.395 bits per heavy atom. The van der Waals surface area contributed by atoms with E-state index in [4.69, 9.17) is 0 Å². The van der Waals surface area contributed by atoms with Crippen molar-refractivity contribution in [2.75, 3.05) is 0 Å². The monoisotopic (exact) mass is 1950 g/mol. The summed E-state index contributed by atoms with van der Waals surface area (Å²) in [6.45, 7) is 85.9. The summed E-state index contributed by atoms with van der Waals surface area (Å²) in [5.41, 5.74) is 30.2. The Balaban J connectivity index is -0.000000174. The van der Waals surface area contributed by atoms with Crippen LogP contribution >= 0.6 is 0 Å². The van der Waals surface area contributed by atoms with Crippen LogP contribution in [0, 0.1) is 161 Å². The summed E-state index contributed by atoms with van der Waals surface area (Å²) in [5, 5.41) is 8.16. The first kappa shape index (κ1) is 139. The minimum atomic E-state index is 0. The second kappa shape index (κ2) is 92.3. The Morgan fingerprint density at radius 3 is 0.659 bits per heavy atom. The fourth-order valence-corrected chi connectivity index (χ4v) is 11.1. The van der Waals surface area contributed by atoms with E-state index in [1.165, 1.54) is 121 Å². The van der Waals surface area contributed by atoms with Gasteiger partial charge in [0.15, 0.2) is 0 Å². The number of hydrogen-bond donors (Lipinski definition) is 0. The number of hydrogen-bond acceptors (Lipinski definition) is 0. The molecule has 0 nitrogen and oxygen atoms in total. The van der Waals surface area contributed by atoms with Crippen molar-refractivity contribution in [3.63, 3.8) is 0 Å². The van der Waals surface area contributed by atoms with E-state index in [0.29, 0.717) is 0 Å². The smallest absolute Gasteiger partial charge is 0 e. The van der Waals surface area contributed by atoms with Crippen molar-refractivity contribution < 1.29 is 98.1 Å². The van der Waals surface area contributed by atoms with Gasteiger partial charge >= 0.3 is 0 Å². The molecule has 0 amide bonds. The second-order valence-corrected chi connectivity index (χ2v) is 26.9. The molecule has 0 aliphatic heterocycles. The van der Waals surface area contributed by atoms with Gasteiger partial charge in [0.25, 0.3) is 0 Å². The third-order valence-corrected chi connectivity index (χ3v) is 17.3. The Hall–Kier alpha value is -7.61. The van der Waals surface area contributed by atoms with E-state index in [1.807, 2.05) is 190 Å². The zero-order chi connectivity index (χ0) is 97.5. The molecule has 0 unspecified atom stereocenters. The van der Waals surface area contributed by atoms with Gasteiger partial charge in [-0.05, 0) is 149 Å². The number of aryl methyl sites for hydroxylation is 18. The van der Waals surface area contributed by atoms with Crippen molar-refractivity contribution in [3.05, 3.63) is 428 Å². The van der Waals surface area contributed by atoms with E-state index < -0.39 is 0 Å². The van der Waals surface area contributed by atoms with Crippen LogP contribution in [0.1, 0.15) is 266 Å². The van der Waals surface area contributed by atoms with Gasteiger partial charge in [-0.15, -0.1) is 57.6 Å². The van der Waals surface area contributed by atoms with E-state index in [1.54, 1.807) is 0 Å². The van der Waals surface area contributed by atoms with Gasteiger partial charge in [0.2, 0.25) is 0 Å². The molecule has 0 aromatic heterocycles. The molecule has 0 saturated carbocycles. The zero-order valence-corrected chi connectivity index (χ0v) is 98.0. The number of fused-ring (bicyclic) bond motifs is 3. The summed E-state index contributed by atoms with van der Waals surface area (Å²) >= 11 is 0. The average Bonchev–Trinajstić information content (AvgIpc) is 0.812. The molecule has 15 aromatic rings. The summed E-state index contributed by atoms with van der Waals surface area (Å²) in [4.78, 5) is 0. The minimum Gasteiger partial charge on any atom is -0.226 e. The van der Waals surface area contributed by atoms with Gasteiger partial charge in [-0.3, -0.25) is 0 Å². The predicted octanol–water partition coefficient (Wildman–Crippen LogP) is 40.3. The normalized spacial score (nSPS) is 8.51. The summed E-state index contributed by atoms with van der Waals surface area (Å²) in [6, 6.07) is 121. The van der Waals surface area contributed by atoms with Crippen molar-refractivity contribution in [1.82, 2.24) is 0 Å². The van der Waals surface area contributed by atoms with Crippen molar-refractivity contribution in [1.29, 1.82) is 0 Å². The molecule has 15 aromatic carbocycles. The molecule has 0 saturated heterocycles. The molecule has 0 aliphatic rings. The molecule has 3 heteroatoms. The molecule has 0 spiro atoms. The SMILES string of the molecule is CC.CC.CC.CC.CC.CC.CC.CC.CC.CC.CC.CC.Cc1[c-]c(-c2[c-]c(C)ccc2)ccc1.Cc1c[c-]c(-c2[c-]cc(C)cc2)cc1.Cc1cc[c-]c(-c2[c-]ccc(C)c2)c1.Cc1ccc(C)c2ccccc12.Cc1ccc(C)cc1.Cc1ccc2cc(C)ccc2c1.Cc1cccc(C)c1.Cc1cccc2c(C)cccc12.Cc1ccccc1C.[Y].[Y].[Y]. The van der Waals surface area contributed by atoms with Crippen LogP contribution in [0.4, 0.5) is 0 Å². The van der Waals surface area contributed by atoms with Crippen LogP contribution in [-0.2, 0) is 98.1 Å². The van der Waals surface area contributed by atoms with Gasteiger partial charge in [-0.25, -0.2) is 33.4 Å². The molecular weight excluding hydrogens is 1780 g/mol. The quantitative estimate of drug-likeness (QED) is 0.155. The topological polar surface area (TPSA) is 0 Å². The number of benzene rings is 15. The largest absolute Gasteiger partial charge is 0.226 e. The summed E-state index contributed by atoms with van der Waals surface area (Å²) in [6.07, 6.45) is 0. The van der Waals surface area contributed by atoms with Crippen LogP contribution in [0.2, 0.25) is 0 Å². The van der Waals surface area contributed by atoms with Gasteiger partial charge < -0.3 is 0 Å².